The fourth-order valence-electron chi connectivity index (χ4n) is 2.78. The fraction of sp³-hybridized carbons (Fsp3) is 0.0435. The van der Waals surface area contributed by atoms with Gasteiger partial charge >= 0.3 is 11.9 Å². The summed E-state index contributed by atoms with van der Waals surface area (Å²) >= 11 is 1.27. The number of aromatic carboxylic acids is 2. The summed E-state index contributed by atoms with van der Waals surface area (Å²) in [4.78, 5) is 47.6. The van der Waals surface area contributed by atoms with E-state index in [2.05, 4.69) is 10.6 Å². The second kappa shape index (κ2) is 10.3. The van der Waals surface area contributed by atoms with Gasteiger partial charge in [-0.2, -0.15) is 0 Å². The Morgan fingerprint density at radius 2 is 1.41 bits per heavy atom. The van der Waals surface area contributed by atoms with E-state index in [1.54, 1.807) is 48.5 Å². The number of amides is 2. The molecule has 3 aromatic carbocycles. The minimum Gasteiger partial charge on any atom is -0.478 e. The molecule has 2 amide bonds. The molecule has 0 saturated heterocycles. The minimum atomic E-state index is -1.18. The molecule has 0 spiro atoms. The molecule has 0 fully saturated rings. The summed E-state index contributed by atoms with van der Waals surface area (Å²) in [5.41, 5.74) is 0.933. The molecule has 3 aromatic rings. The van der Waals surface area contributed by atoms with Crippen LogP contribution in [0.5, 0.6) is 0 Å². The van der Waals surface area contributed by atoms with Crippen molar-refractivity contribution in [2.24, 2.45) is 0 Å². The Morgan fingerprint density at radius 1 is 0.719 bits per heavy atom. The molecule has 3 rings (SSSR count). The molecule has 0 radical (unpaired) electrons. The highest BCUT2D eigenvalue weighted by Crippen LogP contribution is 2.22. The first kappa shape index (κ1) is 22.6. The summed E-state index contributed by atoms with van der Waals surface area (Å²) in [5.74, 6) is -2.98. The Kier molecular flexibility index (Phi) is 7.25. The van der Waals surface area contributed by atoms with Gasteiger partial charge in [-0.05, 0) is 54.6 Å². The lowest BCUT2D eigenvalue weighted by Gasteiger charge is -2.09. The number of benzene rings is 3. The van der Waals surface area contributed by atoms with Crippen molar-refractivity contribution in [2.45, 2.75) is 4.90 Å². The number of nitrogens with one attached hydrogen (secondary N) is 2. The van der Waals surface area contributed by atoms with Gasteiger partial charge in [-0.15, -0.1) is 11.8 Å². The third-order valence-electron chi connectivity index (χ3n) is 4.28. The zero-order valence-corrected chi connectivity index (χ0v) is 17.4. The number of anilines is 2. The van der Waals surface area contributed by atoms with Crippen LogP contribution < -0.4 is 10.6 Å². The van der Waals surface area contributed by atoms with E-state index in [0.717, 1.165) is 4.90 Å². The first-order valence-electron chi connectivity index (χ1n) is 9.33. The Balaban J connectivity index is 1.55. The largest absolute Gasteiger partial charge is 0.478 e. The molecule has 4 N–H and O–H groups in total. The minimum absolute atomic E-state index is 0.0575. The predicted octanol–water partition coefficient (Wildman–Crippen LogP) is 4.07. The van der Waals surface area contributed by atoms with Gasteiger partial charge < -0.3 is 20.8 Å². The Labute approximate surface area is 187 Å². The van der Waals surface area contributed by atoms with Crippen LogP contribution in [0, 0.1) is 0 Å². The number of thioether (sulfide) groups is 1. The van der Waals surface area contributed by atoms with Crippen molar-refractivity contribution in [1.82, 2.24) is 0 Å². The van der Waals surface area contributed by atoms with Gasteiger partial charge in [0.2, 0.25) is 5.91 Å². The van der Waals surface area contributed by atoms with Gasteiger partial charge in [0.25, 0.3) is 5.91 Å². The highest BCUT2D eigenvalue weighted by atomic mass is 32.2. The van der Waals surface area contributed by atoms with E-state index in [4.69, 9.17) is 5.11 Å². The van der Waals surface area contributed by atoms with Crippen molar-refractivity contribution in [3.63, 3.8) is 0 Å². The van der Waals surface area contributed by atoms with E-state index in [1.807, 2.05) is 0 Å². The normalized spacial score (nSPS) is 10.2. The van der Waals surface area contributed by atoms with Crippen LogP contribution >= 0.6 is 11.8 Å². The lowest BCUT2D eigenvalue weighted by Crippen LogP contribution is -2.16. The van der Waals surface area contributed by atoms with Crippen molar-refractivity contribution in [3.05, 3.63) is 89.5 Å². The van der Waals surface area contributed by atoms with E-state index in [9.17, 15) is 24.3 Å². The number of hydrogen-bond acceptors (Lipinski definition) is 5. The number of rotatable bonds is 8. The standard InChI is InChI=1S/C23H18N2O6S/c26-20(24-16-5-3-4-14(12-16)22(28)29)13-32-17-10-8-15(9-11-17)25-21(27)18-6-1-2-7-19(18)23(30)31/h1-12H,13H2,(H,24,26)(H,25,27)(H,28,29)(H,30,31). The number of carbonyl (C=O) groups is 4. The van der Waals surface area contributed by atoms with E-state index in [0.29, 0.717) is 11.4 Å². The van der Waals surface area contributed by atoms with Crippen molar-refractivity contribution in [1.29, 1.82) is 0 Å². The lowest BCUT2D eigenvalue weighted by atomic mass is 10.1. The monoisotopic (exact) mass is 450 g/mol. The second-order valence-electron chi connectivity index (χ2n) is 6.55. The molecule has 32 heavy (non-hydrogen) atoms. The van der Waals surface area contributed by atoms with Gasteiger partial charge in [0.1, 0.15) is 0 Å². The fourth-order valence-corrected chi connectivity index (χ4v) is 3.47. The number of hydrogen-bond donors (Lipinski definition) is 4. The number of carbonyl (C=O) groups excluding carboxylic acids is 2. The van der Waals surface area contributed by atoms with Crippen LogP contribution in [0.15, 0.2) is 77.7 Å². The zero-order chi connectivity index (χ0) is 23.1. The van der Waals surface area contributed by atoms with Crippen molar-refractivity contribution < 1.29 is 29.4 Å². The van der Waals surface area contributed by atoms with Crippen LogP contribution in [-0.4, -0.2) is 39.7 Å². The molecule has 0 unspecified atom stereocenters. The van der Waals surface area contributed by atoms with E-state index in [1.165, 1.54) is 36.0 Å². The van der Waals surface area contributed by atoms with Crippen molar-refractivity contribution in [2.75, 3.05) is 16.4 Å². The predicted molar refractivity (Wildman–Crippen MR) is 121 cm³/mol. The van der Waals surface area contributed by atoms with Crippen LogP contribution in [-0.2, 0) is 4.79 Å². The highest BCUT2D eigenvalue weighted by Gasteiger charge is 2.16. The summed E-state index contributed by atoms with van der Waals surface area (Å²) in [6, 6.07) is 18.7. The zero-order valence-electron chi connectivity index (χ0n) is 16.6. The summed E-state index contributed by atoms with van der Waals surface area (Å²) in [7, 11) is 0. The quantitative estimate of drug-likeness (QED) is 0.380. The van der Waals surface area contributed by atoms with Crippen LogP contribution in [0.2, 0.25) is 0 Å². The Bertz CT molecular complexity index is 1180. The summed E-state index contributed by atoms with van der Waals surface area (Å²) < 4.78 is 0. The van der Waals surface area contributed by atoms with Crippen LogP contribution in [0.25, 0.3) is 0 Å². The maximum Gasteiger partial charge on any atom is 0.336 e. The third kappa shape index (κ3) is 5.96. The third-order valence-corrected chi connectivity index (χ3v) is 5.29. The molecule has 0 aliphatic heterocycles. The Morgan fingerprint density at radius 3 is 2.06 bits per heavy atom. The molecule has 0 saturated carbocycles. The summed E-state index contributed by atoms with van der Waals surface area (Å²) in [6.07, 6.45) is 0. The van der Waals surface area contributed by atoms with Crippen molar-refractivity contribution >= 4 is 46.9 Å². The lowest BCUT2D eigenvalue weighted by molar-refractivity contribution is -0.113. The van der Waals surface area contributed by atoms with Gasteiger partial charge in [-0.25, -0.2) is 9.59 Å². The van der Waals surface area contributed by atoms with Crippen LogP contribution in [0.4, 0.5) is 11.4 Å². The molecule has 0 heterocycles. The SMILES string of the molecule is O=C(CSc1ccc(NC(=O)c2ccccc2C(=O)O)cc1)Nc1cccc(C(=O)O)c1. The summed E-state index contributed by atoms with van der Waals surface area (Å²) in [6.45, 7) is 0. The maximum atomic E-state index is 12.4. The van der Waals surface area contributed by atoms with Crippen molar-refractivity contribution in [3.8, 4) is 0 Å². The average molecular weight is 450 g/mol. The number of carboxylic acids is 2. The van der Waals surface area contributed by atoms with Gasteiger partial charge in [-0.1, -0.05) is 18.2 Å². The first-order valence-corrected chi connectivity index (χ1v) is 10.3. The van der Waals surface area contributed by atoms with Gasteiger partial charge in [0.15, 0.2) is 0 Å². The van der Waals surface area contributed by atoms with Gasteiger partial charge in [0, 0.05) is 16.3 Å². The van der Waals surface area contributed by atoms with Gasteiger partial charge in [0.05, 0.1) is 22.4 Å². The molecular weight excluding hydrogens is 432 g/mol. The topological polar surface area (TPSA) is 133 Å². The molecule has 0 aliphatic rings. The summed E-state index contributed by atoms with van der Waals surface area (Å²) in [5, 5.41) is 23.5. The van der Waals surface area contributed by atoms with E-state index in [-0.39, 0.29) is 28.4 Å². The van der Waals surface area contributed by atoms with Crippen LogP contribution in [0.3, 0.4) is 0 Å². The molecule has 0 bridgehead atoms. The Hall–Kier alpha value is -4.11. The molecule has 8 nitrogen and oxygen atoms in total. The molecule has 9 heteroatoms. The second-order valence-corrected chi connectivity index (χ2v) is 7.60. The molecular formula is C23H18N2O6S. The average Bonchev–Trinajstić information content (AvgIpc) is 2.78. The highest BCUT2D eigenvalue weighted by molar-refractivity contribution is 8.00. The molecule has 0 aliphatic carbocycles. The smallest absolute Gasteiger partial charge is 0.336 e. The van der Waals surface area contributed by atoms with Crippen LogP contribution in [0.1, 0.15) is 31.1 Å². The number of carboxylic acid groups (broad SMARTS) is 2. The molecule has 0 aromatic heterocycles. The molecule has 162 valence electrons. The van der Waals surface area contributed by atoms with E-state index < -0.39 is 17.8 Å². The van der Waals surface area contributed by atoms with Gasteiger partial charge in [-0.3, -0.25) is 9.59 Å². The molecule has 0 atom stereocenters. The maximum absolute atomic E-state index is 12.4. The first-order chi connectivity index (χ1) is 15.3. The van der Waals surface area contributed by atoms with E-state index >= 15 is 0 Å².